The van der Waals surface area contributed by atoms with Gasteiger partial charge in [-0.3, -0.25) is 0 Å². The summed E-state index contributed by atoms with van der Waals surface area (Å²) in [6.45, 7) is 3.30. The standard InChI is InChI=1S/C18H21N3/c1-18(6-7-19)9-14-13-4-3-5-15-17(13)12(10-20-15)8-16(14)21(2)11-18/h3-5,10,14,16,20H,6,8-9,11H2,1-2H3/t14-,16-,18?/m0/s1. The van der Waals surface area contributed by atoms with Gasteiger partial charge < -0.3 is 9.88 Å². The number of hydrogen-bond donors (Lipinski definition) is 1. The van der Waals surface area contributed by atoms with Crippen LogP contribution in [0, 0.1) is 16.7 Å². The maximum Gasteiger partial charge on any atom is 0.0627 e. The number of benzene rings is 1. The van der Waals surface area contributed by atoms with Gasteiger partial charge in [-0.25, -0.2) is 0 Å². The molecular weight excluding hydrogens is 258 g/mol. The summed E-state index contributed by atoms with van der Waals surface area (Å²) in [5.74, 6) is 0.550. The van der Waals surface area contributed by atoms with Gasteiger partial charge in [0.15, 0.2) is 0 Å². The number of likely N-dealkylation sites (tertiary alicyclic amines) is 1. The largest absolute Gasteiger partial charge is 0.361 e. The first-order chi connectivity index (χ1) is 10.1. The molecule has 4 rings (SSSR count). The second kappa shape index (κ2) is 4.35. The van der Waals surface area contributed by atoms with E-state index in [-0.39, 0.29) is 5.41 Å². The van der Waals surface area contributed by atoms with Gasteiger partial charge in [0.1, 0.15) is 0 Å². The summed E-state index contributed by atoms with van der Waals surface area (Å²) in [4.78, 5) is 5.91. The Balaban J connectivity index is 1.84. The molecule has 108 valence electrons. The Bertz CT molecular complexity index is 738. The normalized spacial score (nSPS) is 31.9. The Morgan fingerprint density at radius 1 is 1.48 bits per heavy atom. The molecule has 1 aliphatic carbocycles. The van der Waals surface area contributed by atoms with Crippen molar-refractivity contribution < 1.29 is 0 Å². The van der Waals surface area contributed by atoms with Crippen molar-refractivity contribution in [1.82, 2.24) is 9.88 Å². The third-order valence-electron chi connectivity index (χ3n) is 5.53. The fourth-order valence-electron chi connectivity index (χ4n) is 4.67. The van der Waals surface area contributed by atoms with Crippen LogP contribution in [0.5, 0.6) is 0 Å². The van der Waals surface area contributed by atoms with Crippen LogP contribution in [0.15, 0.2) is 24.4 Å². The van der Waals surface area contributed by atoms with Crippen LogP contribution in [0.1, 0.15) is 36.8 Å². The van der Waals surface area contributed by atoms with Crippen molar-refractivity contribution in [2.45, 2.75) is 38.1 Å². The van der Waals surface area contributed by atoms with Crippen LogP contribution in [0.2, 0.25) is 0 Å². The molecule has 0 saturated carbocycles. The highest BCUT2D eigenvalue weighted by Gasteiger charge is 2.44. The van der Waals surface area contributed by atoms with E-state index in [1.807, 2.05) is 0 Å². The van der Waals surface area contributed by atoms with Gasteiger partial charge in [0.25, 0.3) is 0 Å². The molecule has 2 aromatic rings. The van der Waals surface area contributed by atoms with Crippen molar-refractivity contribution in [3.63, 3.8) is 0 Å². The van der Waals surface area contributed by atoms with E-state index in [4.69, 9.17) is 5.26 Å². The molecule has 2 aliphatic rings. The number of nitrogens with zero attached hydrogens (tertiary/aromatic N) is 2. The van der Waals surface area contributed by atoms with Crippen LogP contribution in [-0.4, -0.2) is 29.5 Å². The molecule has 1 aliphatic heterocycles. The maximum atomic E-state index is 9.17. The number of aromatic nitrogens is 1. The maximum absolute atomic E-state index is 9.17. The Hall–Kier alpha value is -1.79. The molecule has 1 aromatic carbocycles. The topological polar surface area (TPSA) is 42.8 Å². The minimum absolute atomic E-state index is 0.112. The van der Waals surface area contributed by atoms with Crippen molar-refractivity contribution in [1.29, 1.82) is 5.26 Å². The van der Waals surface area contributed by atoms with Gasteiger partial charge in [-0.15, -0.1) is 0 Å². The number of aromatic amines is 1. The van der Waals surface area contributed by atoms with Crippen molar-refractivity contribution in [2.75, 3.05) is 13.6 Å². The predicted octanol–water partition coefficient (Wildman–Crippen LogP) is 3.43. The zero-order valence-electron chi connectivity index (χ0n) is 12.7. The number of hydrogen-bond acceptors (Lipinski definition) is 2. The Morgan fingerprint density at radius 2 is 2.33 bits per heavy atom. The number of H-pyrrole nitrogens is 1. The molecule has 1 unspecified atom stereocenters. The SMILES string of the molecule is CN1CC(C)(CC#N)C[C@H]2c3cccc4[nH]cc(c34)C[C@@H]21. The van der Waals surface area contributed by atoms with Gasteiger partial charge in [-0.1, -0.05) is 19.1 Å². The first-order valence-electron chi connectivity index (χ1n) is 7.77. The van der Waals surface area contributed by atoms with E-state index in [1.165, 1.54) is 22.0 Å². The van der Waals surface area contributed by atoms with E-state index in [9.17, 15) is 0 Å². The average molecular weight is 279 g/mol. The molecule has 3 atom stereocenters. The monoisotopic (exact) mass is 279 g/mol. The molecule has 0 bridgehead atoms. The molecule has 3 nitrogen and oxygen atoms in total. The van der Waals surface area contributed by atoms with Crippen LogP contribution in [-0.2, 0) is 6.42 Å². The minimum Gasteiger partial charge on any atom is -0.361 e. The smallest absolute Gasteiger partial charge is 0.0627 e. The van der Waals surface area contributed by atoms with Crippen molar-refractivity contribution in [3.8, 4) is 6.07 Å². The van der Waals surface area contributed by atoms with Crippen LogP contribution in [0.4, 0.5) is 0 Å². The van der Waals surface area contributed by atoms with Crippen molar-refractivity contribution >= 4 is 10.9 Å². The summed E-state index contributed by atoms with van der Waals surface area (Å²) >= 11 is 0. The quantitative estimate of drug-likeness (QED) is 0.869. The number of fused-ring (bicyclic) bond motifs is 2. The Morgan fingerprint density at radius 3 is 3.14 bits per heavy atom. The second-order valence-electron chi connectivity index (χ2n) is 7.23. The zero-order chi connectivity index (χ0) is 14.6. The second-order valence-corrected chi connectivity index (χ2v) is 7.23. The van der Waals surface area contributed by atoms with E-state index in [2.05, 4.69) is 54.3 Å². The fourth-order valence-corrected chi connectivity index (χ4v) is 4.67. The lowest BCUT2D eigenvalue weighted by molar-refractivity contribution is 0.0561. The molecule has 1 fully saturated rings. The fraction of sp³-hybridized carbons (Fsp3) is 0.500. The Labute approximate surface area is 125 Å². The van der Waals surface area contributed by atoms with E-state index in [0.29, 0.717) is 18.4 Å². The average Bonchev–Trinajstić information content (AvgIpc) is 2.85. The van der Waals surface area contributed by atoms with Crippen LogP contribution in [0.25, 0.3) is 10.9 Å². The summed E-state index contributed by atoms with van der Waals surface area (Å²) in [7, 11) is 2.23. The summed E-state index contributed by atoms with van der Waals surface area (Å²) in [5.41, 5.74) is 4.31. The van der Waals surface area contributed by atoms with Gasteiger partial charge in [-0.05, 0) is 42.5 Å². The van der Waals surface area contributed by atoms with Crippen LogP contribution < -0.4 is 0 Å². The van der Waals surface area contributed by atoms with Crippen molar-refractivity contribution in [2.24, 2.45) is 5.41 Å². The third kappa shape index (κ3) is 1.82. The first-order valence-corrected chi connectivity index (χ1v) is 7.77. The zero-order valence-corrected chi connectivity index (χ0v) is 12.7. The lowest BCUT2D eigenvalue weighted by atomic mass is 9.66. The number of likely N-dealkylation sites (N-methyl/N-ethyl adjacent to an activating group) is 1. The third-order valence-corrected chi connectivity index (χ3v) is 5.53. The summed E-state index contributed by atoms with van der Waals surface area (Å²) in [6, 6.07) is 9.60. The molecule has 2 heterocycles. The molecule has 1 saturated heterocycles. The molecule has 1 aromatic heterocycles. The highest BCUT2D eigenvalue weighted by Crippen LogP contribution is 2.48. The molecular formula is C18H21N3. The van der Waals surface area contributed by atoms with Gasteiger partial charge in [0, 0.05) is 42.0 Å². The van der Waals surface area contributed by atoms with Gasteiger partial charge in [0.2, 0.25) is 0 Å². The number of nitrogens with one attached hydrogen (secondary N) is 1. The molecule has 0 spiro atoms. The molecule has 3 heteroatoms. The van der Waals surface area contributed by atoms with Gasteiger partial charge in [-0.2, -0.15) is 5.26 Å². The number of rotatable bonds is 1. The summed E-state index contributed by atoms with van der Waals surface area (Å²) in [5, 5.41) is 10.6. The molecule has 0 amide bonds. The van der Waals surface area contributed by atoms with Gasteiger partial charge in [0.05, 0.1) is 6.07 Å². The van der Waals surface area contributed by atoms with Gasteiger partial charge >= 0.3 is 0 Å². The summed E-state index contributed by atoms with van der Waals surface area (Å²) < 4.78 is 0. The number of nitriles is 1. The van der Waals surface area contributed by atoms with Crippen molar-refractivity contribution in [3.05, 3.63) is 35.5 Å². The van der Waals surface area contributed by atoms with Crippen LogP contribution >= 0.6 is 0 Å². The molecule has 1 N–H and O–H groups in total. The highest BCUT2D eigenvalue weighted by atomic mass is 15.2. The summed E-state index contributed by atoms with van der Waals surface area (Å²) in [6.07, 6.45) is 5.08. The first kappa shape index (κ1) is 12.9. The lowest BCUT2D eigenvalue weighted by Crippen LogP contribution is -2.51. The van der Waals surface area contributed by atoms with E-state index < -0.39 is 0 Å². The highest BCUT2D eigenvalue weighted by molar-refractivity contribution is 5.88. The van der Waals surface area contributed by atoms with E-state index >= 15 is 0 Å². The lowest BCUT2D eigenvalue weighted by Gasteiger charge is -2.49. The Kier molecular flexibility index (Phi) is 2.68. The molecule has 0 radical (unpaired) electrons. The number of piperidine rings is 1. The minimum atomic E-state index is 0.112. The molecule has 21 heavy (non-hydrogen) atoms. The predicted molar refractivity (Wildman–Crippen MR) is 84.1 cm³/mol. The van der Waals surface area contributed by atoms with Crippen LogP contribution in [0.3, 0.4) is 0 Å². The van der Waals surface area contributed by atoms with E-state index in [1.54, 1.807) is 0 Å². The van der Waals surface area contributed by atoms with E-state index in [0.717, 1.165) is 19.4 Å².